The topological polar surface area (TPSA) is 121 Å². The number of hydrogen-bond acceptors (Lipinski definition) is 6. The van der Waals surface area contributed by atoms with E-state index in [9.17, 15) is 0 Å². The molecular formula is C7H18O6. The maximum Gasteiger partial charge on any atom is 0.0662 e. The third-order valence-electron chi connectivity index (χ3n) is 1.44. The van der Waals surface area contributed by atoms with E-state index in [1.807, 2.05) is 0 Å². The second kappa shape index (κ2) is 9.85. The van der Waals surface area contributed by atoms with Crippen molar-refractivity contribution in [2.24, 2.45) is 5.41 Å². The molecule has 0 aromatic rings. The minimum Gasteiger partial charge on any atom is -0.396 e. The van der Waals surface area contributed by atoms with Gasteiger partial charge >= 0.3 is 0 Å². The Hall–Kier alpha value is -0.240. The minimum absolute atomic E-state index is 0.125. The fourth-order valence-corrected chi connectivity index (χ4v) is 0.300. The number of aliphatic hydroxyl groups is 6. The highest BCUT2D eigenvalue weighted by molar-refractivity contribution is 4.74. The maximum absolute atomic E-state index is 8.50. The summed E-state index contributed by atoms with van der Waals surface area (Å²) < 4.78 is 0. The third kappa shape index (κ3) is 6.88. The van der Waals surface area contributed by atoms with Crippen molar-refractivity contribution >= 4 is 0 Å². The van der Waals surface area contributed by atoms with Crippen LogP contribution in [0.25, 0.3) is 0 Å². The largest absolute Gasteiger partial charge is 0.396 e. The summed E-state index contributed by atoms with van der Waals surface area (Å²) in [5.74, 6) is 0. The molecule has 0 rings (SSSR count). The summed E-state index contributed by atoms with van der Waals surface area (Å²) in [6.45, 7) is -1.88. The predicted molar refractivity (Wildman–Crippen MR) is 44.9 cm³/mol. The Bertz CT molecular complexity index is 73.5. The van der Waals surface area contributed by atoms with Gasteiger partial charge in [0.2, 0.25) is 0 Å². The Morgan fingerprint density at radius 2 is 0.769 bits per heavy atom. The zero-order valence-corrected chi connectivity index (χ0v) is 7.43. The Labute approximate surface area is 76.7 Å². The molecule has 0 aliphatic heterocycles. The van der Waals surface area contributed by atoms with Crippen LogP contribution in [-0.2, 0) is 0 Å². The predicted octanol–water partition coefficient (Wildman–Crippen LogP) is -3.09. The lowest BCUT2D eigenvalue weighted by atomic mass is 9.93. The second-order valence-electron chi connectivity index (χ2n) is 2.58. The van der Waals surface area contributed by atoms with Crippen LogP contribution < -0.4 is 0 Å². The van der Waals surface area contributed by atoms with Crippen LogP contribution in [0.2, 0.25) is 0 Å². The molecule has 13 heavy (non-hydrogen) atoms. The van der Waals surface area contributed by atoms with Crippen molar-refractivity contribution in [2.75, 3.05) is 39.6 Å². The molecule has 0 fully saturated rings. The molecule has 0 bridgehead atoms. The molecule has 6 nitrogen and oxygen atoms in total. The SMILES string of the molecule is OCC(CO)(CO)CO.OCCO. The van der Waals surface area contributed by atoms with Crippen molar-refractivity contribution < 1.29 is 30.6 Å². The van der Waals surface area contributed by atoms with Crippen LogP contribution in [-0.4, -0.2) is 70.3 Å². The molecular weight excluding hydrogens is 180 g/mol. The van der Waals surface area contributed by atoms with E-state index < -0.39 is 31.8 Å². The molecule has 0 heterocycles. The molecule has 0 aliphatic rings. The van der Waals surface area contributed by atoms with Crippen molar-refractivity contribution in [3.8, 4) is 0 Å². The molecule has 0 amide bonds. The lowest BCUT2D eigenvalue weighted by Gasteiger charge is -2.23. The zero-order valence-electron chi connectivity index (χ0n) is 7.43. The van der Waals surface area contributed by atoms with Gasteiger partial charge in [0.25, 0.3) is 0 Å². The van der Waals surface area contributed by atoms with Crippen LogP contribution in [0, 0.1) is 5.41 Å². The van der Waals surface area contributed by atoms with Crippen LogP contribution in [0.5, 0.6) is 0 Å². The van der Waals surface area contributed by atoms with Gasteiger partial charge in [0.1, 0.15) is 0 Å². The summed E-state index contributed by atoms with van der Waals surface area (Å²) in [5, 5.41) is 49.2. The minimum atomic E-state index is -1.11. The maximum atomic E-state index is 8.50. The van der Waals surface area contributed by atoms with Crippen LogP contribution in [0.4, 0.5) is 0 Å². The molecule has 0 aliphatic carbocycles. The van der Waals surface area contributed by atoms with Gasteiger partial charge in [-0.3, -0.25) is 0 Å². The van der Waals surface area contributed by atoms with E-state index in [1.165, 1.54) is 0 Å². The average molecular weight is 198 g/mol. The van der Waals surface area contributed by atoms with E-state index >= 15 is 0 Å². The van der Waals surface area contributed by atoms with Crippen molar-refractivity contribution in [3.05, 3.63) is 0 Å². The molecule has 0 saturated carbocycles. The van der Waals surface area contributed by atoms with Crippen LogP contribution >= 0.6 is 0 Å². The summed E-state index contributed by atoms with van der Waals surface area (Å²) in [6.07, 6.45) is 0. The van der Waals surface area contributed by atoms with E-state index in [-0.39, 0.29) is 13.2 Å². The van der Waals surface area contributed by atoms with Gasteiger partial charge in [-0.2, -0.15) is 0 Å². The number of aliphatic hydroxyl groups excluding tert-OH is 6. The molecule has 6 N–H and O–H groups in total. The summed E-state index contributed by atoms with van der Waals surface area (Å²) in [7, 11) is 0. The molecule has 0 aromatic heterocycles. The first kappa shape index (κ1) is 15.2. The van der Waals surface area contributed by atoms with Gasteiger partial charge in [0, 0.05) is 0 Å². The van der Waals surface area contributed by atoms with E-state index in [0.717, 1.165) is 0 Å². The second-order valence-corrected chi connectivity index (χ2v) is 2.58. The molecule has 6 heteroatoms. The third-order valence-corrected chi connectivity index (χ3v) is 1.44. The lowest BCUT2D eigenvalue weighted by Crippen LogP contribution is -2.37. The van der Waals surface area contributed by atoms with Gasteiger partial charge in [-0.1, -0.05) is 0 Å². The standard InChI is InChI=1S/C5H12O4.C2H6O2/c6-1-5(2-7,3-8)4-9;3-1-2-4/h6-9H,1-4H2;3-4H,1-2H2. The van der Waals surface area contributed by atoms with Gasteiger partial charge in [0.15, 0.2) is 0 Å². The molecule has 0 spiro atoms. The lowest BCUT2D eigenvalue weighted by molar-refractivity contribution is -0.0328. The smallest absolute Gasteiger partial charge is 0.0662 e. The molecule has 0 unspecified atom stereocenters. The zero-order chi connectivity index (χ0) is 10.7. The summed E-state index contributed by atoms with van der Waals surface area (Å²) in [4.78, 5) is 0. The summed E-state index contributed by atoms with van der Waals surface area (Å²) in [5.41, 5.74) is -1.11. The summed E-state index contributed by atoms with van der Waals surface area (Å²) in [6, 6.07) is 0. The van der Waals surface area contributed by atoms with Crippen molar-refractivity contribution in [1.82, 2.24) is 0 Å². The Balaban J connectivity index is 0. The molecule has 0 atom stereocenters. The average Bonchev–Trinajstić information content (AvgIpc) is 2.23. The first-order chi connectivity index (χ1) is 6.16. The van der Waals surface area contributed by atoms with Crippen LogP contribution in [0.3, 0.4) is 0 Å². The molecule has 82 valence electrons. The number of rotatable bonds is 5. The Kier molecular flexibility index (Phi) is 11.5. The monoisotopic (exact) mass is 198 g/mol. The molecule has 0 aromatic carbocycles. The van der Waals surface area contributed by atoms with Gasteiger partial charge in [0.05, 0.1) is 45.1 Å². The first-order valence-corrected chi connectivity index (χ1v) is 3.81. The molecule has 0 saturated heterocycles. The highest BCUT2D eigenvalue weighted by Gasteiger charge is 2.26. The summed E-state index contributed by atoms with van der Waals surface area (Å²) >= 11 is 0. The quantitative estimate of drug-likeness (QED) is 0.278. The Morgan fingerprint density at radius 3 is 0.769 bits per heavy atom. The van der Waals surface area contributed by atoms with Crippen molar-refractivity contribution in [3.63, 3.8) is 0 Å². The fourth-order valence-electron chi connectivity index (χ4n) is 0.300. The van der Waals surface area contributed by atoms with E-state index in [2.05, 4.69) is 0 Å². The normalized spacial score (nSPS) is 10.6. The Morgan fingerprint density at radius 1 is 0.538 bits per heavy atom. The van der Waals surface area contributed by atoms with E-state index in [0.29, 0.717) is 0 Å². The van der Waals surface area contributed by atoms with Crippen molar-refractivity contribution in [1.29, 1.82) is 0 Å². The van der Waals surface area contributed by atoms with Crippen LogP contribution in [0.15, 0.2) is 0 Å². The van der Waals surface area contributed by atoms with E-state index in [1.54, 1.807) is 0 Å². The van der Waals surface area contributed by atoms with Crippen molar-refractivity contribution in [2.45, 2.75) is 0 Å². The van der Waals surface area contributed by atoms with Gasteiger partial charge in [-0.15, -0.1) is 0 Å². The van der Waals surface area contributed by atoms with Gasteiger partial charge in [-0.25, -0.2) is 0 Å². The fraction of sp³-hybridized carbons (Fsp3) is 1.00. The van der Waals surface area contributed by atoms with Crippen LogP contribution in [0.1, 0.15) is 0 Å². The van der Waals surface area contributed by atoms with Gasteiger partial charge < -0.3 is 30.6 Å². The highest BCUT2D eigenvalue weighted by Crippen LogP contribution is 2.11. The first-order valence-electron chi connectivity index (χ1n) is 3.81. The number of hydrogen-bond donors (Lipinski definition) is 6. The molecule has 0 radical (unpaired) electrons. The van der Waals surface area contributed by atoms with Gasteiger partial charge in [-0.05, 0) is 0 Å². The highest BCUT2D eigenvalue weighted by atomic mass is 16.3. The van der Waals surface area contributed by atoms with E-state index in [4.69, 9.17) is 30.6 Å².